The van der Waals surface area contributed by atoms with Gasteiger partial charge in [-0.05, 0) is 43.4 Å². The molecule has 1 rings (SSSR count). The highest BCUT2D eigenvalue weighted by Crippen LogP contribution is 2.16. The van der Waals surface area contributed by atoms with Gasteiger partial charge in [-0.25, -0.2) is 0 Å². The molecule has 0 heterocycles. The summed E-state index contributed by atoms with van der Waals surface area (Å²) in [5.41, 5.74) is 4.35. The molecule has 1 unspecified atom stereocenters. The molecule has 0 saturated carbocycles. The third-order valence-electron chi connectivity index (χ3n) is 2.53. The molecule has 1 atom stereocenters. The summed E-state index contributed by atoms with van der Waals surface area (Å²) < 4.78 is 0. The minimum Gasteiger partial charge on any atom is -0.0894 e. The van der Waals surface area contributed by atoms with Gasteiger partial charge >= 0.3 is 0 Å². The third-order valence-corrected chi connectivity index (χ3v) is 2.99. The smallest absolute Gasteiger partial charge is 0.0120 e. The maximum Gasteiger partial charge on any atom is 0.0120 e. The van der Waals surface area contributed by atoms with Crippen LogP contribution in [0.1, 0.15) is 30.0 Å². The second kappa shape index (κ2) is 4.80. The first kappa shape index (κ1) is 10.8. The minimum atomic E-state index is 0.618. The molecule has 0 N–H and O–H groups in total. The summed E-state index contributed by atoms with van der Waals surface area (Å²) in [6.07, 6.45) is 2.39. The summed E-state index contributed by atoms with van der Waals surface area (Å²) in [7, 11) is 0. The first-order valence-electron chi connectivity index (χ1n) is 4.80. The number of hydrogen-bond acceptors (Lipinski definition) is 0. The molecule has 1 aromatic carbocycles. The predicted octanol–water partition coefficient (Wildman–Crippen LogP) is 4.02. The van der Waals surface area contributed by atoms with E-state index in [1.54, 1.807) is 0 Å². The first-order chi connectivity index (χ1) is 6.11. The molecule has 0 radical (unpaired) electrons. The number of hydrogen-bond donors (Lipinski definition) is 0. The van der Waals surface area contributed by atoms with Crippen molar-refractivity contribution in [3.05, 3.63) is 34.9 Å². The zero-order valence-electron chi connectivity index (χ0n) is 8.60. The summed E-state index contributed by atoms with van der Waals surface area (Å²) in [6, 6.07) is 6.56. The van der Waals surface area contributed by atoms with Gasteiger partial charge in [-0.3, -0.25) is 0 Å². The van der Waals surface area contributed by atoms with Gasteiger partial charge in [-0.2, -0.15) is 0 Å². The van der Waals surface area contributed by atoms with Gasteiger partial charge in [0, 0.05) is 4.83 Å². The molecule has 0 saturated heterocycles. The maximum absolute atomic E-state index is 3.57. The molecular weight excluding hydrogens is 224 g/mol. The van der Waals surface area contributed by atoms with Crippen LogP contribution in [0.4, 0.5) is 0 Å². The van der Waals surface area contributed by atoms with Crippen molar-refractivity contribution in [2.75, 3.05) is 0 Å². The van der Waals surface area contributed by atoms with Gasteiger partial charge in [-0.1, -0.05) is 41.1 Å². The fraction of sp³-hybridized carbons (Fsp3) is 0.500. The lowest BCUT2D eigenvalue weighted by atomic mass is 9.99. The predicted molar refractivity (Wildman–Crippen MR) is 62.6 cm³/mol. The summed E-state index contributed by atoms with van der Waals surface area (Å²) in [5, 5.41) is 0. The van der Waals surface area contributed by atoms with Crippen LogP contribution in [0, 0.1) is 13.8 Å². The lowest BCUT2D eigenvalue weighted by Gasteiger charge is -2.09. The summed E-state index contributed by atoms with van der Waals surface area (Å²) in [6.45, 7) is 6.59. The second-order valence-corrected chi connectivity index (χ2v) is 5.24. The Labute approximate surface area is 89.5 Å². The van der Waals surface area contributed by atoms with Crippen LogP contribution in [0.2, 0.25) is 0 Å². The van der Waals surface area contributed by atoms with Crippen LogP contribution >= 0.6 is 15.9 Å². The Kier molecular flexibility index (Phi) is 3.98. The molecule has 72 valence electrons. The molecule has 1 heteroatoms. The van der Waals surface area contributed by atoms with Crippen molar-refractivity contribution >= 4 is 15.9 Å². The minimum absolute atomic E-state index is 0.618. The molecule has 13 heavy (non-hydrogen) atoms. The zero-order valence-corrected chi connectivity index (χ0v) is 10.2. The maximum atomic E-state index is 3.57. The average molecular weight is 241 g/mol. The van der Waals surface area contributed by atoms with Crippen molar-refractivity contribution in [1.29, 1.82) is 0 Å². The Hall–Kier alpha value is -0.300. The standard InChI is InChI=1S/C12H17Br/c1-9-5-4-6-12(11(9)3)8-7-10(2)13/h4-6,10H,7-8H2,1-3H3. The molecular formula is C12H17Br. The van der Waals surface area contributed by atoms with Crippen LogP contribution < -0.4 is 0 Å². The van der Waals surface area contributed by atoms with Crippen LogP contribution in [0.3, 0.4) is 0 Å². The monoisotopic (exact) mass is 240 g/mol. The quantitative estimate of drug-likeness (QED) is 0.701. The molecule has 0 aliphatic carbocycles. The van der Waals surface area contributed by atoms with Gasteiger partial charge in [0.15, 0.2) is 0 Å². The molecule has 0 fully saturated rings. The van der Waals surface area contributed by atoms with Gasteiger partial charge in [0.05, 0.1) is 0 Å². The van der Waals surface area contributed by atoms with Crippen molar-refractivity contribution in [3.8, 4) is 0 Å². The Balaban J connectivity index is 2.71. The third kappa shape index (κ3) is 3.15. The molecule has 0 amide bonds. The topological polar surface area (TPSA) is 0 Å². The molecule has 0 aliphatic heterocycles. The van der Waals surface area contributed by atoms with E-state index in [0.29, 0.717) is 4.83 Å². The zero-order chi connectivity index (χ0) is 9.84. The van der Waals surface area contributed by atoms with E-state index in [1.807, 2.05) is 0 Å². The van der Waals surface area contributed by atoms with Gasteiger partial charge in [-0.15, -0.1) is 0 Å². The molecule has 0 aromatic heterocycles. The molecule has 1 aromatic rings. The Bertz CT molecular complexity index is 276. The van der Waals surface area contributed by atoms with Crippen molar-refractivity contribution in [2.24, 2.45) is 0 Å². The number of halogens is 1. The van der Waals surface area contributed by atoms with E-state index < -0.39 is 0 Å². The van der Waals surface area contributed by atoms with Crippen molar-refractivity contribution < 1.29 is 0 Å². The highest BCUT2D eigenvalue weighted by molar-refractivity contribution is 9.09. The lowest BCUT2D eigenvalue weighted by Crippen LogP contribution is -1.97. The highest BCUT2D eigenvalue weighted by atomic mass is 79.9. The van der Waals surface area contributed by atoms with Gasteiger partial charge < -0.3 is 0 Å². The van der Waals surface area contributed by atoms with Gasteiger partial charge in [0.2, 0.25) is 0 Å². The summed E-state index contributed by atoms with van der Waals surface area (Å²) >= 11 is 3.57. The van der Waals surface area contributed by atoms with Gasteiger partial charge in [0.1, 0.15) is 0 Å². The van der Waals surface area contributed by atoms with E-state index in [9.17, 15) is 0 Å². The molecule has 0 spiro atoms. The average Bonchev–Trinajstić information content (AvgIpc) is 2.07. The fourth-order valence-electron chi connectivity index (χ4n) is 1.44. The van der Waals surface area contributed by atoms with E-state index in [0.717, 1.165) is 0 Å². The highest BCUT2D eigenvalue weighted by Gasteiger charge is 2.02. The number of rotatable bonds is 3. The number of benzene rings is 1. The van der Waals surface area contributed by atoms with Crippen molar-refractivity contribution in [2.45, 2.75) is 38.4 Å². The van der Waals surface area contributed by atoms with Gasteiger partial charge in [0.25, 0.3) is 0 Å². The molecule has 0 nitrogen and oxygen atoms in total. The van der Waals surface area contributed by atoms with E-state index in [4.69, 9.17) is 0 Å². The molecule has 0 bridgehead atoms. The number of aryl methyl sites for hydroxylation is 2. The van der Waals surface area contributed by atoms with Crippen LogP contribution in [-0.4, -0.2) is 4.83 Å². The van der Waals surface area contributed by atoms with Crippen LogP contribution in [0.15, 0.2) is 18.2 Å². The van der Waals surface area contributed by atoms with Crippen LogP contribution in [0.25, 0.3) is 0 Å². The molecule has 0 aliphatic rings. The summed E-state index contributed by atoms with van der Waals surface area (Å²) in [4.78, 5) is 0.618. The van der Waals surface area contributed by atoms with E-state index in [1.165, 1.54) is 29.5 Å². The second-order valence-electron chi connectivity index (χ2n) is 3.68. The normalized spacial score (nSPS) is 12.9. The Morgan fingerprint density at radius 3 is 2.62 bits per heavy atom. The van der Waals surface area contributed by atoms with Crippen molar-refractivity contribution in [1.82, 2.24) is 0 Å². The Morgan fingerprint density at radius 2 is 2.00 bits per heavy atom. The first-order valence-corrected chi connectivity index (χ1v) is 5.72. The van der Waals surface area contributed by atoms with Crippen LogP contribution in [0.5, 0.6) is 0 Å². The number of alkyl halides is 1. The fourth-order valence-corrected chi connectivity index (χ4v) is 1.67. The van der Waals surface area contributed by atoms with E-state index in [2.05, 4.69) is 54.9 Å². The van der Waals surface area contributed by atoms with Crippen molar-refractivity contribution in [3.63, 3.8) is 0 Å². The van der Waals surface area contributed by atoms with Crippen LogP contribution in [-0.2, 0) is 6.42 Å². The van der Waals surface area contributed by atoms with E-state index in [-0.39, 0.29) is 0 Å². The Morgan fingerprint density at radius 1 is 1.31 bits per heavy atom. The lowest BCUT2D eigenvalue weighted by molar-refractivity contribution is 0.816. The van der Waals surface area contributed by atoms with E-state index >= 15 is 0 Å². The SMILES string of the molecule is Cc1cccc(CCC(C)Br)c1C. The summed E-state index contributed by atoms with van der Waals surface area (Å²) in [5.74, 6) is 0. The largest absolute Gasteiger partial charge is 0.0894 e.